The molecule has 4 aromatic rings. The summed E-state index contributed by atoms with van der Waals surface area (Å²) in [7, 11) is 1.56. The Morgan fingerprint density at radius 3 is 2.29 bits per heavy atom. The second-order valence-electron chi connectivity index (χ2n) is 9.89. The van der Waals surface area contributed by atoms with Crippen molar-refractivity contribution in [1.29, 1.82) is 5.26 Å². The Balaban J connectivity index is 1.40. The lowest BCUT2D eigenvalue weighted by molar-refractivity contribution is -0.124. The molecule has 2 aliphatic heterocycles. The van der Waals surface area contributed by atoms with Crippen LogP contribution in [0.2, 0.25) is 10.0 Å². The summed E-state index contributed by atoms with van der Waals surface area (Å²) >= 11 is 12.4. The number of urea groups is 1. The number of likely N-dealkylation sites (tertiary alicyclic amines) is 1. The van der Waals surface area contributed by atoms with Crippen molar-refractivity contribution in [3.63, 3.8) is 0 Å². The monoisotopic (exact) mass is 585 g/mol. The van der Waals surface area contributed by atoms with E-state index in [0.717, 1.165) is 16.2 Å². The largest absolute Gasteiger partial charge is 0.335 e. The van der Waals surface area contributed by atoms with Crippen LogP contribution in [0.3, 0.4) is 0 Å². The van der Waals surface area contributed by atoms with E-state index in [4.69, 9.17) is 23.2 Å². The number of nitriles is 1. The number of carbonyl (C=O) groups is 3. The van der Waals surface area contributed by atoms with E-state index in [1.165, 1.54) is 29.4 Å². The van der Waals surface area contributed by atoms with Crippen molar-refractivity contribution in [2.24, 2.45) is 0 Å². The van der Waals surface area contributed by atoms with E-state index in [0.29, 0.717) is 11.1 Å². The number of nitrogens with zero attached hydrogens (tertiary/aromatic N) is 7. The van der Waals surface area contributed by atoms with Gasteiger partial charge in [0.15, 0.2) is 0 Å². The number of hydrogen-bond donors (Lipinski definition) is 0. The summed E-state index contributed by atoms with van der Waals surface area (Å²) in [6.45, 7) is 0.135. The van der Waals surface area contributed by atoms with Gasteiger partial charge in [-0.05, 0) is 60.2 Å². The molecule has 3 aromatic carbocycles. The number of benzene rings is 3. The number of amides is 4. The van der Waals surface area contributed by atoms with E-state index in [2.05, 4.69) is 16.2 Å². The molecule has 4 amide bonds. The van der Waals surface area contributed by atoms with Gasteiger partial charge in [0, 0.05) is 35.1 Å². The highest BCUT2D eigenvalue weighted by Crippen LogP contribution is 2.47. The second-order valence-corrected chi connectivity index (χ2v) is 10.8. The predicted octanol–water partition coefficient (Wildman–Crippen LogP) is 4.52. The van der Waals surface area contributed by atoms with Gasteiger partial charge < -0.3 is 9.80 Å². The van der Waals surface area contributed by atoms with Crippen LogP contribution in [0.4, 0.5) is 10.5 Å². The molecule has 1 spiro atoms. The molecule has 0 saturated carbocycles. The maximum atomic E-state index is 14.3. The number of anilines is 1. The first kappa shape index (κ1) is 26.5. The van der Waals surface area contributed by atoms with E-state index < -0.39 is 23.4 Å². The molecule has 0 unspecified atom stereocenters. The Morgan fingerprint density at radius 1 is 1.00 bits per heavy atom. The van der Waals surface area contributed by atoms with Crippen molar-refractivity contribution >= 4 is 46.7 Å². The van der Waals surface area contributed by atoms with Gasteiger partial charge in [-0.15, -0.1) is 0 Å². The number of likely N-dealkylation sites (N-methyl/N-ethyl adjacent to an activating group) is 1. The Hall–Kier alpha value is -4.72. The minimum Gasteiger partial charge on any atom is -0.335 e. The van der Waals surface area contributed by atoms with Gasteiger partial charge in [0.1, 0.15) is 18.2 Å². The minimum absolute atomic E-state index is 0.0345. The number of halogens is 2. The lowest BCUT2D eigenvalue weighted by Crippen LogP contribution is -2.54. The number of rotatable bonds is 4. The first-order chi connectivity index (χ1) is 19.7. The average molecular weight is 586 g/mol. The molecular formula is C29H21Cl2N7O3. The summed E-state index contributed by atoms with van der Waals surface area (Å²) in [5.74, 6) is -1.35. The molecule has 2 fully saturated rings. The van der Waals surface area contributed by atoms with Gasteiger partial charge >= 0.3 is 6.03 Å². The fourth-order valence-electron chi connectivity index (χ4n) is 5.64. The topological polar surface area (TPSA) is 115 Å². The van der Waals surface area contributed by atoms with Crippen LogP contribution in [0.5, 0.6) is 0 Å². The Bertz CT molecular complexity index is 1700. The first-order valence-electron chi connectivity index (χ1n) is 12.6. The molecule has 3 heterocycles. The third kappa shape index (κ3) is 4.30. The van der Waals surface area contributed by atoms with Gasteiger partial charge in [0.05, 0.1) is 29.6 Å². The summed E-state index contributed by atoms with van der Waals surface area (Å²) in [6, 6.07) is 19.8. The fourth-order valence-corrected chi connectivity index (χ4v) is 6.16. The highest BCUT2D eigenvalue weighted by Gasteiger charge is 2.65. The predicted molar refractivity (Wildman–Crippen MR) is 151 cm³/mol. The molecule has 2 atom stereocenters. The fraction of sp³-hybridized carbons (Fsp3) is 0.172. The number of carbonyl (C=O) groups excluding carboxylic acids is 3. The van der Waals surface area contributed by atoms with Crippen molar-refractivity contribution < 1.29 is 14.4 Å². The lowest BCUT2D eigenvalue weighted by Gasteiger charge is -2.33. The molecule has 0 aliphatic carbocycles. The zero-order chi connectivity index (χ0) is 28.9. The molecule has 10 nitrogen and oxygen atoms in total. The SMILES string of the molecule is CN1C(=O)N(c2cc(Cl)cc(Cl)c2)C(=O)[C@]12CN(C(=O)c1ccc(-n3cncn3)cc1)C[C@H]2c1ccc(C#N)cc1. The number of hydrogen-bond acceptors (Lipinski definition) is 6. The van der Waals surface area contributed by atoms with Crippen molar-refractivity contribution in [3.05, 3.63) is 106 Å². The molecule has 6 rings (SSSR count). The Labute approximate surface area is 244 Å². The van der Waals surface area contributed by atoms with Crippen molar-refractivity contribution in [3.8, 4) is 11.8 Å². The molecule has 1 aromatic heterocycles. The summed E-state index contributed by atoms with van der Waals surface area (Å²) < 4.78 is 1.58. The minimum atomic E-state index is -1.41. The van der Waals surface area contributed by atoms with Crippen LogP contribution in [-0.2, 0) is 4.79 Å². The highest BCUT2D eigenvalue weighted by atomic mass is 35.5. The maximum Gasteiger partial charge on any atom is 0.332 e. The Kier molecular flexibility index (Phi) is 6.49. The van der Waals surface area contributed by atoms with Crippen LogP contribution >= 0.6 is 23.2 Å². The van der Waals surface area contributed by atoms with Gasteiger partial charge in [-0.1, -0.05) is 35.3 Å². The van der Waals surface area contributed by atoms with Crippen LogP contribution in [0, 0.1) is 11.3 Å². The van der Waals surface area contributed by atoms with Crippen LogP contribution in [0.25, 0.3) is 5.69 Å². The second kappa shape index (κ2) is 10.0. The molecule has 12 heteroatoms. The summed E-state index contributed by atoms with van der Waals surface area (Å²) in [5.41, 5.74) is 1.17. The normalized spacial score (nSPS) is 20.2. The van der Waals surface area contributed by atoms with Crippen LogP contribution in [0.15, 0.2) is 79.4 Å². The molecule has 0 radical (unpaired) electrons. The highest BCUT2D eigenvalue weighted by molar-refractivity contribution is 6.36. The zero-order valence-electron chi connectivity index (χ0n) is 21.6. The van der Waals surface area contributed by atoms with Gasteiger partial charge in [0.25, 0.3) is 11.8 Å². The first-order valence-corrected chi connectivity index (χ1v) is 13.3. The molecule has 2 saturated heterocycles. The molecule has 0 N–H and O–H groups in total. The Morgan fingerprint density at radius 2 is 1.68 bits per heavy atom. The summed E-state index contributed by atoms with van der Waals surface area (Å²) in [4.78, 5) is 49.8. The van der Waals surface area contributed by atoms with Crippen LogP contribution in [-0.4, -0.2) is 68.1 Å². The molecular weight excluding hydrogens is 565 g/mol. The zero-order valence-corrected chi connectivity index (χ0v) is 23.1. The summed E-state index contributed by atoms with van der Waals surface area (Å²) in [6.07, 6.45) is 2.98. The standard InChI is InChI=1S/C29H21Cl2N7O3/c1-35-28(41)38(24-11-21(30)10-22(31)12-24)27(40)29(35)15-36(14-25(29)19-4-2-18(13-32)3-5-19)26(39)20-6-8-23(9-7-20)37-17-33-16-34-37/h2-12,16-17,25H,14-15H2,1H3/t25-,29+/m0/s1. The lowest BCUT2D eigenvalue weighted by atomic mass is 9.80. The van der Waals surface area contributed by atoms with Crippen molar-refractivity contribution in [2.45, 2.75) is 11.5 Å². The van der Waals surface area contributed by atoms with Gasteiger partial charge in [-0.3, -0.25) is 9.59 Å². The molecule has 2 aliphatic rings. The molecule has 204 valence electrons. The van der Waals surface area contributed by atoms with Gasteiger partial charge in [0.2, 0.25) is 0 Å². The van der Waals surface area contributed by atoms with Crippen LogP contribution < -0.4 is 4.90 Å². The smallest absolute Gasteiger partial charge is 0.332 e. The van der Waals surface area contributed by atoms with Crippen molar-refractivity contribution in [1.82, 2.24) is 24.6 Å². The van der Waals surface area contributed by atoms with Gasteiger partial charge in [-0.25, -0.2) is 19.4 Å². The third-order valence-electron chi connectivity index (χ3n) is 7.69. The average Bonchev–Trinajstić information content (AvgIpc) is 3.69. The van der Waals surface area contributed by atoms with Gasteiger partial charge in [-0.2, -0.15) is 10.4 Å². The number of aromatic nitrogens is 3. The maximum absolute atomic E-state index is 14.3. The van der Waals surface area contributed by atoms with E-state index in [9.17, 15) is 19.6 Å². The molecule has 0 bridgehead atoms. The third-order valence-corrected chi connectivity index (χ3v) is 8.13. The van der Waals surface area contributed by atoms with Crippen LogP contribution in [0.1, 0.15) is 27.4 Å². The van der Waals surface area contributed by atoms with E-state index in [1.807, 2.05) is 0 Å². The van der Waals surface area contributed by atoms with E-state index >= 15 is 0 Å². The van der Waals surface area contributed by atoms with Crippen molar-refractivity contribution in [2.75, 3.05) is 25.0 Å². The van der Waals surface area contributed by atoms with E-state index in [-0.39, 0.29) is 34.7 Å². The summed E-state index contributed by atoms with van der Waals surface area (Å²) in [5, 5.41) is 14.0. The quantitative estimate of drug-likeness (QED) is 0.325. The molecule has 41 heavy (non-hydrogen) atoms. The van der Waals surface area contributed by atoms with E-state index in [1.54, 1.807) is 71.5 Å². The number of imide groups is 1.